The molecule has 3 unspecified atom stereocenters. The van der Waals surface area contributed by atoms with Gasteiger partial charge < -0.3 is 10.5 Å². The summed E-state index contributed by atoms with van der Waals surface area (Å²) in [5.74, 6) is 0.690. The Balaban J connectivity index is 2.36. The zero-order chi connectivity index (χ0) is 12.0. The van der Waals surface area contributed by atoms with Crippen molar-refractivity contribution >= 4 is 0 Å². The molecule has 0 spiro atoms. The Morgan fingerprint density at radius 3 is 2.75 bits per heavy atom. The molecular formula is C13H28N2O. The molecular weight excluding hydrogens is 200 g/mol. The number of nitrogens with zero attached hydrogens (tertiary/aromatic N) is 1. The third-order valence-electron chi connectivity index (χ3n) is 3.79. The average molecular weight is 228 g/mol. The van der Waals surface area contributed by atoms with Crippen LogP contribution in [0.25, 0.3) is 0 Å². The predicted octanol–water partition coefficient (Wildman–Crippen LogP) is 1.86. The molecule has 3 nitrogen and oxygen atoms in total. The number of rotatable bonds is 6. The van der Waals surface area contributed by atoms with E-state index in [1.807, 2.05) is 0 Å². The lowest BCUT2D eigenvalue weighted by molar-refractivity contribution is -0.0571. The summed E-state index contributed by atoms with van der Waals surface area (Å²) in [5, 5.41) is 0. The van der Waals surface area contributed by atoms with Crippen LogP contribution in [-0.4, -0.2) is 43.3 Å². The Labute approximate surface area is 100 Å². The van der Waals surface area contributed by atoms with Gasteiger partial charge in [0.05, 0.1) is 12.7 Å². The largest absolute Gasteiger partial charge is 0.376 e. The Morgan fingerprint density at radius 2 is 2.19 bits per heavy atom. The molecule has 96 valence electrons. The van der Waals surface area contributed by atoms with E-state index in [4.69, 9.17) is 10.5 Å². The fourth-order valence-corrected chi connectivity index (χ4v) is 2.40. The SMILES string of the molecule is CCC(CN)CCN1CC(C)OCC1CC. The molecule has 1 heterocycles. The van der Waals surface area contributed by atoms with Crippen molar-refractivity contribution < 1.29 is 4.74 Å². The lowest BCUT2D eigenvalue weighted by atomic mass is 10.0. The van der Waals surface area contributed by atoms with Gasteiger partial charge in [0.15, 0.2) is 0 Å². The molecule has 0 aromatic carbocycles. The van der Waals surface area contributed by atoms with Crippen molar-refractivity contribution in [3.63, 3.8) is 0 Å². The van der Waals surface area contributed by atoms with E-state index < -0.39 is 0 Å². The maximum atomic E-state index is 5.75. The number of hydrogen-bond acceptors (Lipinski definition) is 3. The Morgan fingerprint density at radius 1 is 1.44 bits per heavy atom. The highest BCUT2D eigenvalue weighted by atomic mass is 16.5. The molecule has 16 heavy (non-hydrogen) atoms. The van der Waals surface area contributed by atoms with Gasteiger partial charge in [0.1, 0.15) is 0 Å². The van der Waals surface area contributed by atoms with Crippen molar-refractivity contribution in [1.29, 1.82) is 0 Å². The van der Waals surface area contributed by atoms with Crippen LogP contribution in [0.15, 0.2) is 0 Å². The topological polar surface area (TPSA) is 38.5 Å². The van der Waals surface area contributed by atoms with Gasteiger partial charge in [-0.15, -0.1) is 0 Å². The molecule has 0 aromatic rings. The minimum Gasteiger partial charge on any atom is -0.376 e. The van der Waals surface area contributed by atoms with Gasteiger partial charge in [0, 0.05) is 12.6 Å². The zero-order valence-corrected chi connectivity index (χ0v) is 11.1. The van der Waals surface area contributed by atoms with Crippen LogP contribution in [0.1, 0.15) is 40.0 Å². The summed E-state index contributed by atoms with van der Waals surface area (Å²) in [5.41, 5.74) is 5.75. The van der Waals surface area contributed by atoms with E-state index in [-0.39, 0.29) is 0 Å². The molecule has 0 radical (unpaired) electrons. The van der Waals surface area contributed by atoms with Crippen LogP contribution in [0.2, 0.25) is 0 Å². The van der Waals surface area contributed by atoms with Crippen molar-refractivity contribution in [2.24, 2.45) is 11.7 Å². The Hall–Kier alpha value is -0.120. The summed E-state index contributed by atoms with van der Waals surface area (Å²) < 4.78 is 5.70. The van der Waals surface area contributed by atoms with Crippen molar-refractivity contribution in [2.75, 3.05) is 26.2 Å². The summed E-state index contributed by atoms with van der Waals surface area (Å²) in [7, 11) is 0. The van der Waals surface area contributed by atoms with E-state index in [9.17, 15) is 0 Å². The van der Waals surface area contributed by atoms with Gasteiger partial charge in [-0.3, -0.25) is 4.90 Å². The van der Waals surface area contributed by atoms with Crippen LogP contribution >= 0.6 is 0 Å². The number of nitrogens with two attached hydrogens (primary N) is 1. The maximum absolute atomic E-state index is 5.75. The standard InChI is InChI=1S/C13H28N2O/c1-4-12(8-14)6-7-15-9-11(3)16-10-13(15)5-2/h11-13H,4-10,14H2,1-3H3. The van der Waals surface area contributed by atoms with E-state index in [1.54, 1.807) is 0 Å². The predicted molar refractivity (Wildman–Crippen MR) is 68.5 cm³/mol. The smallest absolute Gasteiger partial charge is 0.0674 e. The van der Waals surface area contributed by atoms with Gasteiger partial charge in [-0.05, 0) is 38.8 Å². The van der Waals surface area contributed by atoms with Crippen LogP contribution < -0.4 is 5.73 Å². The molecule has 2 N–H and O–H groups in total. The summed E-state index contributed by atoms with van der Waals surface area (Å²) in [6, 6.07) is 0.617. The first-order chi connectivity index (χ1) is 7.71. The molecule has 1 rings (SSSR count). The van der Waals surface area contributed by atoms with Gasteiger partial charge >= 0.3 is 0 Å². The highest BCUT2D eigenvalue weighted by Gasteiger charge is 2.25. The van der Waals surface area contributed by atoms with Crippen molar-refractivity contribution in [2.45, 2.75) is 52.2 Å². The van der Waals surface area contributed by atoms with Crippen LogP contribution in [0.4, 0.5) is 0 Å². The first kappa shape index (κ1) is 13.9. The molecule has 1 saturated heterocycles. The third-order valence-corrected chi connectivity index (χ3v) is 3.79. The first-order valence-electron chi connectivity index (χ1n) is 6.76. The molecule has 0 aliphatic carbocycles. The van der Waals surface area contributed by atoms with E-state index in [0.717, 1.165) is 19.7 Å². The number of hydrogen-bond donors (Lipinski definition) is 1. The first-order valence-corrected chi connectivity index (χ1v) is 6.76. The highest BCUT2D eigenvalue weighted by molar-refractivity contribution is 4.78. The van der Waals surface area contributed by atoms with Crippen LogP contribution in [0.3, 0.4) is 0 Å². The normalized spacial score (nSPS) is 29.2. The lowest BCUT2D eigenvalue weighted by Crippen LogP contribution is -2.49. The molecule has 1 aliphatic rings. The molecule has 0 aromatic heterocycles. The lowest BCUT2D eigenvalue weighted by Gasteiger charge is -2.38. The molecule has 3 atom stereocenters. The Bertz CT molecular complexity index is 183. The molecule has 0 saturated carbocycles. The van der Waals surface area contributed by atoms with Crippen molar-refractivity contribution in [1.82, 2.24) is 4.90 Å². The van der Waals surface area contributed by atoms with Gasteiger partial charge in [-0.2, -0.15) is 0 Å². The summed E-state index contributed by atoms with van der Waals surface area (Å²) in [6.45, 7) is 10.6. The molecule has 1 aliphatic heterocycles. The monoisotopic (exact) mass is 228 g/mol. The molecule has 0 bridgehead atoms. The van der Waals surface area contributed by atoms with Crippen molar-refractivity contribution in [3.05, 3.63) is 0 Å². The second kappa shape index (κ2) is 7.25. The third kappa shape index (κ3) is 4.04. The fourth-order valence-electron chi connectivity index (χ4n) is 2.40. The second-order valence-corrected chi connectivity index (χ2v) is 5.00. The van der Waals surface area contributed by atoms with Gasteiger partial charge in [-0.1, -0.05) is 20.3 Å². The van der Waals surface area contributed by atoms with E-state index >= 15 is 0 Å². The molecule has 0 amide bonds. The molecule has 3 heteroatoms. The van der Waals surface area contributed by atoms with Crippen LogP contribution in [0.5, 0.6) is 0 Å². The maximum Gasteiger partial charge on any atom is 0.0674 e. The zero-order valence-electron chi connectivity index (χ0n) is 11.1. The minimum absolute atomic E-state index is 0.390. The minimum atomic E-state index is 0.390. The van der Waals surface area contributed by atoms with Gasteiger partial charge in [-0.25, -0.2) is 0 Å². The van der Waals surface area contributed by atoms with Crippen LogP contribution in [-0.2, 0) is 4.74 Å². The van der Waals surface area contributed by atoms with Crippen molar-refractivity contribution in [3.8, 4) is 0 Å². The molecule has 1 fully saturated rings. The fraction of sp³-hybridized carbons (Fsp3) is 1.00. The quantitative estimate of drug-likeness (QED) is 0.754. The summed E-state index contributed by atoms with van der Waals surface area (Å²) in [4.78, 5) is 2.59. The van der Waals surface area contributed by atoms with Gasteiger partial charge in [0.2, 0.25) is 0 Å². The number of morpholine rings is 1. The van der Waals surface area contributed by atoms with E-state index in [1.165, 1.54) is 25.8 Å². The Kier molecular flexibility index (Phi) is 6.32. The van der Waals surface area contributed by atoms with E-state index in [2.05, 4.69) is 25.7 Å². The van der Waals surface area contributed by atoms with Gasteiger partial charge in [0.25, 0.3) is 0 Å². The van der Waals surface area contributed by atoms with Crippen LogP contribution in [0, 0.1) is 5.92 Å². The average Bonchev–Trinajstić information content (AvgIpc) is 2.30. The number of ether oxygens (including phenoxy) is 1. The van der Waals surface area contributed by atoms with E-state index in [0.29, 0.717) is 18.1 Å². The summed E-state index contributed by atoms with van der Waals surface area (Å²) >= 11 is 0. The summed E-state index contributed by atoms with van der Waals surface area (Å²) in [6.07, 6.45) is 4.01. The highest BCUT2D eigenvalue weighted by Crippen LogP contribution is 2.16. The second-order valence-electron chi connectivity index (χ2n) is 5.00.